The van der Waals surface area contributed by atoms with Gasteiger partial charge in [0.1, 0.15) is 0 Å². The molecule has 0 radical (unpaired) electrons. The molecule has 0 saturated heterocycles. The predicted octanol–water partition coefficient (Wildman–Crippen LogP) is 3.99. The van der Waals surface area contributed by atoms with Crippen LogP contribution in [0.3, 0.4) is 0 Å². The first-order valence-electron chi connectivity index (χ1n) is 7.55. The molecule has 2 aromatic rings. The summed E-state index contributed by atoms with van der Waals surface area (Å²) < 4.78 is 42.9. The van der Waals surface area contributed by atoms with Gasteiger partial charge < -0.3 is 4.52 Å². The average molecular weight is 325 g/mol. The fraction of sp³-hybridized carbons (Fsp3) is 0.500. The van der Waals surface area contributed by atoms with E-state index in [2.05, 4.69) is 22.0 Å². The first-order valence-corrected chi connectivity index (χ1v) is 7.55. The van der Waals surface area contributed by atoms with Crippen LogP contribution in [-0.2, 0) is 12.7 Å². The van der Waals surface area contributed by atoms with Gasteiger partial charge in [-0.05, 0) is 44.9 Å². The molecule has 1 aromatic heterocycles. The highest BCUT2D eigenvalue weighted by molar-refractivity contribution is 5.54. The molecule has 4 nitrogen and oxygen atoms in total. The number of alkyl halides is 3. The van der Waals surface area contributed by atoms with Crippen molar-refractivity contribution < 1.29 is 17.7 Å². The van der Waals surface area contributed by atoms with Crippen molar-refractivity contribution in [1.82, 2.24) is 15.0 Å². The monoisotopic (exact) mass is 325 g/mol. The fourth-order valence-electron chi connectivity index (χ4n) is 2.54. The average Bonchev–Trinajstić information content (AvgIpc) is 3.25. The second-order valence-corrected chi connectivity index (χ2v) is 6.08. The summed E-state index contributed by atoms with van der Waals surface area (Å²) in [5.41, 5.74) is -0.186. The van der Waals surface area contributed by atoms with Gasteiger partial charge in [0.15, 0.2) is 0 Å². The molecule has 23 heavy (non-hydrogen) atoms. The van der Waals surface area contributed by atoms with Crippen LogP contribution in [0.5, 0.6) is 0 Å². The Bertz CT molecular complexity index is 662. The lowest BCUT2D eigenvalue weighted by Crippen LogP contribution is -2.30. The van der Waals surface area contributed by atoms with Gasteiger partial charge in [-0.1, -0.05) is 17.3 Å². The molecule has 1 saturated carbocycles. The SMILES string of the molecule is CC(C1CC1)N(C)Cc1nc(-c2ccc(C(F)(F)F)cc2)no1. The minimum Gasteiger partial charge on any atom is -0.338 e. The van der Waals surface area contributed by atoms with Crippen LogP contribution in [0, 0.1) is 5.92 Å². The van der Waals surface area contributed by atoms with Crippen LogP contribution in [0.25, 0.3) is 11.4 Å². The lowest BCUT2D eigenvalue weighted by atomic mass is 10.1. The maximum absolute atomic E-state index is 12.6. The van der Waals surface area contributed by atoms with Crippen molar-refractivity contribution in [2.24, 2.45) is 5.92 Å². The molecular weight excluding hydrogens is 307 g/mol. The number of hydrogen-bond donors (Lipinski definition) is 0. The number of benzene rings is 1. The van der Waals surface area contributed by atoms with E-state index in [4.69, 9.17) is 4.52 Å². The zero-order chi connectivity index (χ0) is 16.6. The second kappa shape index (κ2) is 5.96. The summed E-state index contributed by atoms with van der Waals surface area (Å²) in [5, 5.41) is 3.86. The molecule has 0 bridgehead atoms. The molecule has 124 valence electrons. The molecule has 0 spiro atoms. The van der Waals surface area contributed by atoms with E-state index in [0.717, 1.165) is 18.1 Å². The van der Waals surface area contributed by atoms with E-state index in [1.54, 1.807) is 0 Å². The summed E-state index contributed by atoms with van der Waals surface area (Å²) in [6, 6.07) is 5.21. The minimum absolute atomic E-state index is 0.307. The van der Waals surface area contributed by atoms with Crippen LogP contribution in [0.4, 0.5) is 13.2 Å². The lowest BCUT2D eigenvalue weighted by molar-refractivity contribution is -0.137. The molecular formula is C16H18F3N3O. The molecule has 1 fully saturated rings. The number of hydrogen-bond acceptors (Lipinski definition) is 4. The van der Waals surface area contributed by atoms with Gasteiger partial charge in [-0.3, -0.25) is 4.90 Å². The third kappa shape index (κ3) is 3.72. The molecule has 1 heterocycles. The first kappa shape index (κ1) is 16.0. The largest absolute Gasteiger partial charge is 0.416 e. The maximum Gasteiger partial charge on any atom is 0.416 e. The van der Waals surface area contributed by atoms with Gasteiger partial charge in [-0.2, -0.15) is 18.2 Å². The normalized spacial score (nSPS) is 16.8. The Kier molecular flexibility index (Phi) is 4.14. The van der Waals surface area contributed by atoms with Gasteiger partial charge in [-0.15, -0.1) is 0 Å². The lowest BCUT2D eigenvalue weighted by Gasteiger charge is -2.22. The van der Waals surface area contributed by atoms with Crippen LogP contribution in [0.1, 0.15) is 31.2 Å². The van der Waals surface area contributed by atoms with Crippen LogP contribution in [0.2, 0.25) is 0 Å². The molecule has 1 aliphatic carbocycles. The van der Waals surface area contributed by atoms with E-state index in [0.29, 0.717) is 29.9 Å². The number of nitrogens with zero attached hydrogens (tertiary/aromatic N) is 3. The van der Waals surface area contributed by atoms with Crippen molar-refractivity contribution in [2.75, 3.05) is 7.05 Å². The van der Waals surface area contributed by atoms with Crippen molar-refractivity contribution >= 4 is 0 Å². The molecule has 1 atom stereocenters. The zero-order valence-electron chi connectivity index (χ0n) is 13.0. The standard InChI is InChI=1S/C16H18F3N3O/c1-10(11-3-4-11)22(2)9-14-20-15(21-23-14)12-5-7-13(8-6-12)16(17,18)19/h5-8,10-11H,3-4,9H2,1-2H3. The Balaban J connectivity index is 1.69. The second-order valence-electron chi connectivity index (χ2n) is 6.08. The van der Waals surface area contributed by atoms with Gasteiger partial charge in [0.05, 0.1) is 12.1 Å². The van der Waals surface area contributed by atoms with Crippen molar-refractivity contribution in [3.63, 3.8) is 0 Å². The van der Waals surface area contributed by atoms with Crippen molar-refractivity contribution in [3.05, 3.63) is 35.7 Å². The van der Waals surface area contributed by atoms with Crippen molar-refractivity contribution in [3.8, 4) is 11.4 Å². The highest BCUT2D eigenvalue weighted by Gasteiger charge is 2.31. The van der Waals surface area contributed by atoms with Gasteiger partial charge >= 0.3 is 6.18 Å². The van der Waals surface area contributed by atoms with E-state index in [1.165, 1.54) is 25.0 Å². The first-order chi connectivity index (χ1) is 10.8. The van der Waals surface area contributed by atoms with E-state index in [1.807, 2.05) is 7.05 Å². The molecule has 0 aliphatic heterocycles. The van der Waals surface area contributed by atoms with E-state index < -0.39 is 11.7 Å². The molecule has 0 amide bonds. The van der Waals surface area contributed by atoms with Gasteiger partial charge in [0.25, 0.3) is 0 Å². The Hall–Kier alpha value is -1.89. The summed E-state index contributed by atoms with van der Waals surface area (Å²) in [5.74, 6) is 1.51. The quantitative estimate of drug-likeness (QED) is 0.834. The van der Waals surface area contributed by atoms with Gasteiger partial charge in [0, 0.05) is 11.6 Å². The topological polar surface area (TPSA) is 42.2 Å². The number of halogens is 3. The molecule has 3 rings (SSSR count). The molecule has 1 aromatic carbocycles. The molecule has 1 aliphatic rings. The van der Waals surface area contributed by atoms with Crippen LogP contribution in [-0.4, -0.2) is 28.1 Å². The van der Waals surface area contributed by atoms with Gasteiger partial charge in [0.2, 0.25) is 11.7 Å². The third-order valence-electron chi connectivity index (χ3n) is 4.32. The Labute approximate surface area is 132 Å². The summed E-state index contributed by atoms with van der Waals surface area (Å²) in [6.45, 7) is 2.70. The summed E-state index contributed by atoms with van der Waals surface area (Å²) in [4.78, 5) is 6.43. The Morgan fingerprint density at radius 1 is 1.26 bits per heavy atom. The summed E-state index contributed by atoms with van der Waals surface area (Å²) in [7, 11) is 2.00. The van der Waals surface area contributed by atoms with Crippen LogP contribution >= 0.6 is 0 Å². The smallest absolute Gasteiger partial charge is 0.338 e. The third-order valence-corrected chi connectivity index (χ3v) is 4.32. The Morgan fingerprint density at radius 2 is 1.91 bits per heavy atom. The maximum atomic E-state index is 12.6. The van der Waals surface area contributed by atoms with Crippen molar-refractivity contribution in [1.29, 1.82) is 0 Å². The minimum atomic E-state index is -4.34. The number of aromatic nitrogens is 2. The zero-order valence-corrected chi connectivity index (χ0v) is 13.0. The van der Waals surface area contributed by atoms with Crippen LogP contribution < -0.4 is 0 Å². The van der Waals surface area contributed by atoms with E-state index >= 15 is 0 Å². The highest BCUT2D eigenvalue weighted by atomic mass is 19.4. The molecule has 7 heteroatoms. The van der Waals surface area contributed by atoms with Crippen molar-refractivity contribution in [2.45, 2.75) is 38.5 Å². The molecule has 0 N–H and O–H groups in total. The van der Waals surface area contributed by atoms with E-state index in [-0.39, 0.29) is 0 Å². The summed E-state index contributed by atoms with van der Waals surface area (Å²) in [6.07, 6.45) is -1.83. The Morgan fingerprint density at radius 3 is 2.48 bits per heavy atom. The highest BCUT2D eigenvalue weighted by Crippen LogP contribution is 2.35. The molecule has 1 unspecified atom stereocenters. The fourth-order valence-corrected chi connectivity index (χ4v) is 2.54. The predicted molar refractivity (Wildman–Crippen MR) is 78.4 cm³/mol. The number of rotatable bonds is 5. The van der Waals surface area contributed by atoms with Crippen LogP contribution in [0.15, 0.2) is 28.8 Å². The van der Waals surface area contributed by atoms with E-state index in [9.17, 15) is 13.2 Å². The summed E-state index contributed by atoms with van der Waals surface area (Å²) >= 11 is 0. The van der Waals surface area contributed by atoms with Gasteiger partial charge in [-0.25, -0.2) is 0 Å².